The summed E-state index contributed by atoms with van der Waals surface area (Å²) in [5.41, 5.74) is 2.07. The van der Waals surface area contributed by atoms with E-state index in [1.165, 1.54) is 0 Å². The van der Waals surface area contributed by atoms with Gasteiger partial charge in [0, 0.05) is 5.56 Å². The Kier molecular flexibility index (Phi) is 7.13. The van der Waals surface area contributed by atoms with E-state index in [4.69, 9.17) is 14.3 Å². The van der Waals surface area contributed by atoms with E-state index in [9.17, 15) is 14.7 Å². The first-order chi connectivity index (χ1) is 15.3. The van der Waals surface area contributed by atoms with Crippen molar-refractivity contribution < 1.29 is 29.0 Å². The predicted octanol–water partition coefficient (Wildman–Crippen LogP) is 4.21. The van der Waals surface area contributed by atoms with Gasteiger partial charge >= 0.3 is 12.1 Å². The van der Waals surface area contributed by atoms with Gasteiger partial charge in [0.2, 0.25) is 5.89 Å². The maximum absolute atomic E-state index is 11.3. The van der Waals surface area contributed by atoms with Crippen molar-refractivity contribution in [3.05, 3.63) is 71.6 Å². The van der Waals surface area contributed by atoms with E-state index in [0.717, 1.165) is 10.5 Å². The van der Waals surface area contributed by atoms with Crippen molar-refractivity contribution in [1.29, 1.82) is 0 Å². The maximum atomic E-state index is 11.3. The number of carbonyl (C=O) groups is 2. The van der Waals surface area contributed by atoms with Crippen LogP contribution in [0.1, 0.15) is 30.0 Å². The monoisotopic (exact) mass is 434 g/mol. The molecule has 3 aromatic rings. The number of hydrogen-bond donors (Lipinski definition) is 2. The summed E-state index contributed by atoms with van der Waals surface area (Å²) in [6.45, 7) is 2.96. The number of rotatable bonds is 7. The molecule has 0 saturated carbocycles. The summed E-state index contributed by atoms with van der Waals surface area (Å²) in [6.07, 6.45) is -1.30. The second-order valence-electron chi connectivity index (χ2n) is 6.93. The van der Waals surface area contributed by atoms with Crippen molar-refractivity contribution in [3.8, 4) is 29.0 Å². The first-order valence-corrected chi connectivity index (χ1v) is 9.81. The number of aryl methyl sites for hydroxylation is 1. The highest BCUT2D eigenvalue weighted by Crippen LogP contribution is 2.23. The lowest BCUT2D eigenvalue weighted by molar-refractivity contribution is -0.138. The molecule has 0 fully saturated rings. The van der Waals surface area contributed by atoms with E-state index < -0.39 is 24.6 Å². The van der Waals surface area contributed by atoms with Crippen LogP contribution in [0.15, 0.2) is 59.0 Å². The molecule has 0 saturated heterocycles. The van der Waals surface area contributed by atoms with Gasteiger partial charge in [-0.15, -0.1) is 0 Å². The summed E-state index contributed by atoms with van der Waals surface area (Å²) in [5.74, 6) is 6.32. The number of nitrogens with zero attached hydrogens (tertiary/aromatic N) is 2. The fraction of sp³-hybridized carbons (Fsp3) is 0.208. The average molecular weight is 434 g/mol. The van der Waals surface area contributed by atoms with Crippen molar-refractivity contribution >= 4 is 12.1 Å². The average Bonchev–Trinajstić information content (AvgIpc) is 3.16. The van der Waals surface area contributed by atoms with Crippen LogP contribution in [0, 0.1) is 18.8 Å². The van der Waals surface area contributed by atoms with E-state index in [-0.39, 0.29) is 6.61 Å². The lowest BCUT2D eigenvalue weighted by Crippen LogP contribution is -2.36. The number of amides is 1. The van der Waals surface area contributed by atoms with Gasteiger partial charge in [-0.25, -0.2) is 9.78 Å². The number of carboxylic acid groups (broad SMARTS) is 2. The summed E-state index contributed by atoms with van der Waals surface area (Å²) < 4.78 is 11.3. The van der Waals surface area contributed by atoms with Crippen LogP contribution >= 0.6 is 0 Å². The first kappa shape index (κ1) is 22.4. The number of hydrogen-bond acceptors (Lipinski definition) is 5. The van der Waals surface area contributed by atoms with Gasteiger partial charge < -0.3 is 19.4 Å². The standard InChI is InChI=1S/C24H22N2O6/c1-16(26(24(29)30)15-22(27)28)18-10-12-20(13-11-18)31-14-6-9-21-17(2)32-23(25-21)19-7-4-3-5-8-19/h3-5,7-8,10-13,16H,14-15H2,1-2H3,(H,27,28)(H,29,30). The predicted molar refractivity (Wildman–Crippen MR) is 116 cm³/mol. The number of aliphatic carboxylic acids is 1. The Bertz CT molecular complexity index is 1140. The summed E-state index contributed by atoms with van der Waals surface area (Å²) in [7, 11) is 0. The van der Waals surface area contributed by atoms with Crippen molar-refractivity contribution in [2.45, 2.75) is 19.9 Å². The van der Waals surface area contributed by atoms with Crippen LogP contribution in [0.4, 0.5) is 4.79 Å². The van der Waals surface area contributed by atoms with Gasteiger partial charge in [-0.1, -0.05) is 36.3 Å². The van der Waals surface area contributed by atoms with E-state index in [2.05, 4.69) is 16.8 Å². The fourth-order valence-electron chi connectivity index (χ4n) is 2.99. The molecule has 0 spiro atoms. The molecule has 3 rings (SSSR count). The van der Waals surface area contributed by atoms with Crippen molar-refractivity contribution in [2.75, 3.05) is 13.2 Å². The van der Waals surface area contributed by atoms with Crippen LogP contribution in [0.5, 0.6) is 5.75 Å². The van der Waals surface area contributed by atoms with E-state index >= 15 is 0 Å². The molecule has 1 atom stereocenters. The molecule has 1 aromatic heterocycles. The number of carboxylic acids is 1. The number of oxazole rings is 1. The fourth-order valence-corrected chi connectivity index (χ4v) is 2.99. The minimum Gasteiger partial charge on any atom is -0.481 e. The van der Waals surface area contributed by atoms with Crippen molar-refractivity contribution in [2.24, 2.45) is 0 Å². The number of aromatic nitrogens is 1. The Morgan fingerprint density at radius 1 is 1.12 bits per heavy atom. The molecule has 0 aliphatic carbocycles. The highest BCUT2D eigenvalue weighted by Gasteiger charge is 2.23. The molecule has 164 valence electrons. The first-order valence-electron chi connectivity index (χ1n) is 9.81. The quantitative estimate of drug-likeness (QED) is 0.536. The molecule has 2 aromatic carbocycles. The van der Waals surface area contributed by atoms with Gasteiger partial charge in [0.05, 0.1) is 6.04 Å². The van der Waals surface area contributed by atoms with Crippen LogP contribution in [0.3, 0.4) is 0 Å². The Morgan fingerprint density at radius 3 is 2.44 bits per heavy atom. The summed E-state index contributed by atoms with van der Waals surface area (Å²) >= 11 is 0. The minimum atomic E-state index is -1.30. The third-order valence-corrected chi connectivity index (χ3v) is 4.72. The third kappa shape index (κ3) is 5.67. The van der Waals surface area contributed by atoms with Gasteiger partial charge in [0.1, 0.15) is 24.7 Å². The van der Waals surface area contributed by atoms with Gasteiger partial charge in [0.25, 0.3) is 0 Å². The van der Waals surface area contributed by atoms with Crippen LogP contribution < -0.4 is 4.74 Å². The zero-order chi connectivity index (χ0) is 23.1. The molecule has 0 bridgehead atoms. The molecule has 2 N–H and O–H groups in total. The molecule has 0 radical (unpaired) electrons. The smallest absolute Gasteiger partial charge is 0.408 e. The molecule has 1 unspecified atom stereocenters. The Hall–Kier alpha value is -4.25. The molecule has 1 heterocycles. The van der Waals surface area contributed by atoms with Gasteiger partial charge in [0.15, 0.2) is 5.69 Å². The van der Waals surface area contributed by atoms with Gasteiger partial charge in [-0.05, 0) is 49.6 Å². The molecule has 8 heteroatoms. The molecule has 32 heavy (non-hydrogen) atoms. The topological polar surface area (TPSA) is 113 Å². The molecule has 1 amide bonds. The molecule has 0 aliphatic rings. The molecule has 0 aliphatic heterocycles. The molecular weight excluding hydrogens is 412 g/mol. The maximum Gasteiger partial charge on any atom is 0.408 e. The van der Waals surface area contributed by atoms with Crippen LogP contribution in [-0.2, 0) is 4.79 Å². The van der Waals surface area contributed by atoms with Crippen LogP contribution in [0.2, 0.25) is 0 Å². The Labute approximate surface area is 185 Å². The van der Waals surface area contributed by atoms with Gasteiger partial charge in [-0.3, -0.25) is 9.69 Å². The highest BCUT2D eigenvalue weighted by molar-refractivity contribution is 5.76. The van der Waals surface area contributed by atoms with Crippen LogP contribution in [0.25, 0.3) is 11.5 Å². The Balaban J connectivity index is 1.60. The summed E-state index contributed by atoms with van der Waals surface area (Å²) in [5, 5.41) is 18.1. The summed E-state index contributed by atoms with van der Waals surface area (Å²) in [6, 6.07) is 15.7. The highest BCUT2D eigenvalue weighted by atomic mass is 16.5. The molecular formula is C24H22N2O6. The molecule has 8 nitrogen and oxygen atoms in total. The largest absolute Gasteiger partial charge is 0.481 e. The third-order valence-electron chi connectivity index (χ3n) is 4.72. The zero-order valence-electron chi connectivity index (χ0n) is 17.6. The van der Waals surface area contributed by atoms with E-state index in [1.54, 1.807) is 38.1 Å². The SMILES string of the molecule is Cc1oc(-c2ccccc2)nc1C#CCOc1ccc(C(C)N(CC(=O)O)C(=O)O)cc1. The van der Waals surface area contributed by atoms with Crippen molar-refractivity contribution in [3.63, 3.8) is 0 Å². The zero-order valence-corrected chi connectivity index (χ0v) is 17.6. The van der Waals surface area contributed by atoms with Crippen molar-refractivity contribution in [1.82, 2.24) is 9.88 Å². The second-order valence-corrected chi connectivity index (χ2v) is 6.93. The lowest BCUT2D eigenvalue weighted by Gasteiger charge is -2.25. The van der Waals surface area contributed by atoms with Crippen LogP contribution in [-0.4, -0.2) is 45.3 Å². The second kappa shape index (κ2) is 10.2. The van der Waals surface area contributed by atoms with E-state index in [1.807, 2.05) is 30.3 Å². The minimum absolute atomic E-state index is 0.127. The summed E-state index contributed by atoms with van der Waals surface area (Å²) in [4.78, 5) is 27.5. The van der Waals surface area contributed by atoms with E-state index in [0.29, 0.717) is 28.7 Å². The normalized spacial score (nSPS) is 11.2. The number of ether oxygens (including phenoxy) is 1. The lowest BCUT2D eigenvalue weighted by atomic mass is 10.1. The Morgan fingerprint density at radius 2 is 1.81 bits per heavy atom. The number of benzene rings is 2. The van der Waals surface area contributed by atoms with Gasteiger partial charge in [-0.2, -0.15) is 0 Å².